The number of imidazole rings is 1. The molecule has 1 aliphatic rings. The Hall–Kier alpha value is -1.88. The number of aromatic nitrogens is 4. The van der Waals surface area contributed by atoms with Gasteiger partial charge in [-0.15, -0.1) is 0 Å². The Morgan fingerprint density at radius 2 is 2.10 bits per heavy atom. The first-order valence-corrected chi connectivity index (χ1v) is 7.21. The van der Waals surface area contributed by atoms with Crippen molar-refractivity contribution in [1.29, 1.82) is 0 Å². The molecule has 0 saturated carbocycles. The first-order chi connectivity index (χ1) is 9.69. The van der Waals surface area contributed by atoms with Crippen molar-refractivity contribution >= 4 is 22.1 Å². The Kier molecular flexibility index (Phi) is 2.41. The van der Waals surface area contributed by atoms with Crippen molar-refractivity contribution in [3.63, 3.8) is 0 Å². The van der Waals surface area contributed by atoms with Gasteiger partial charge in [0, 0.05) is 17.1 Å². The van der Waals surface area contributed by atoms with Gasteiger partial charge in [-0.2, -0.15) is 0 Å². The van der Waals surface area contributed by atoms with Gasteiger partial charge < -0.3 is 14.9 Å². The topological polar surface area (TPSA) is 58.5 Å². The van der Waals surface area contributed by atoms with E-state index < -0.39 is 0 Å². The fourth-order valence-corrected chi connectivity index (χ4v) is 3.54. The molecule has 1 saturated heterocycles. The van der Waals surface area contributed by atoms with Crippen molar-refractivity contribution in [1.82, 2.24) is 24.8 Å². The number of H-pyrrole nitrogens is 1. The second-order valence-corrected chi connectivity index (χ2v) is 5.97. The van der Waals surface area contributed by atoms with Gasteiger partial charge >= 0.3 is 0 Å². The molecular formula is C15H19N5. The van der Waals surface area contributed by atoms with Crippen LogP contribution in [-0.4, -0.2) is 32.6 Å². The minimum atomic E-state index is 0.135. The third-order valence-corrected chi connectivity index (χ3v) is 4.59. The van der Waals surface area contributed by atoms with Gasteiger partial charge in [0.25, 0.3) is 0 Å². The highest BCUT2D eigenvalue weighted by atomic mass is 15.2. The van der Waals surface area contributed by atoms with Gasteiger partial charge in [0.05, 0.1) is 11.7 Å². The van der Waals surface area contributed by atoms with E-state index in [2.05, 4.69) is 39.8 Å². The maximum Gasteiger partial charge on any atom is 0.139 e. The number of aryl methyl sites for hydroxylation is 1. The zero-order chi connectivity index (χ0) is 13.7. The summed E-state index contributed by atoms with van der Waals surface area (Å²) >= 11 is 0. The maximum atomic E-state index is 4.73. The lowest BCUT2D eigenvalue weighted by molar-refractivity contribution is 0.234. The van der Waals surface area contributed by atoms with E-state index in [1.165, 1.54) is 10.9 Å². The van der Waals surface area contributed by atoms with E-state index in [-0.39, 0.29) is 5.54 Å². The summed E-state index contributed by atoms with van der Waals surface area (Å²) < 4.78 is 2.43. The molecule has 3 aromatic rings. The molecule has 2 N–H and O–H groups in total. The molecule has 0 unspecified atom stereocenters. The first kappa shape index (κ1) is 11.9. The molecule has 5 heteroatoms. The molecule has 0 spiro atoms. The van der Waals surface area contributed by atoms with Crippen LogP contribution in [0.1, 0.15) is 25.6 Å². The minimum absolute atomic E-state index is 0.135. The smallest absolute Gasteiger partial charge is 0.139 e. The van der Waals surface area contributed by atoms with E-state index >= 15 is 0 Å². The number of aromatic amines is 1. The summed E-state index contributed by atoms with van der Waals surface area (Å²) in [7, 11) is 0. The van der Waals surface area contributed by atoms with Crippen LogP contribution in [0.5, 0.6) is 0 Å². The molecule has 0 aliphatic carbocycles. The van der Waals surface area contributed by atoms with E-state index in [0.717, 1.165) is 42.9 Å². The number of rotatable bonds is 1. The van der Waals surface area contributed by atoms with Gasteiger partial charge in [-0.3, -0.25) is 0 Å². The summed E-state index contributed by atoms with van der Waals surface area (Å²) in [4.78, 5) is 12.4. The monoisotopic (exact) mass is 269 g/mol. The second-order valence-electron chi connectivity index (χ2n) is 5.97. The Labute approximate surface area is 117 Å². The van der Waals surface area contributed by atoms with Gasteiger partial charge in [0.2, 0.25) is 0 Å². The zero-order valence-electron chi connectivity index (χ0n) is 11.9. The molecular weight excluding hydrogens is 250 g/mol. The highest BCUT2D eigenvalue weighted by Crippen LogP contribution is 2.34. The van der Waals surface area contributed by atoms with Crippen molar-refractivity contribution in [2.45, 2.75) is 32.2 Å². The van der Waals surface area contributed by atoms with Crippen LogP contribution in [0.2, 0.25) is 0 Å². The van der Waals surface area contributed by atoms with E-state index in [1.807, 2.05) is 12.4 Å². The third-order valence-electron chi connectivity index (χ3n) is 4.59. The average molecular weight is 269 g/mol. The highest BCUT2D eigenvalue weighted by molar-refractivity contribution is 6.01. The Morgan fingerprint density at radius 3 is 2.90 bits per heavy atom. The van der Waals surface area contributed by atoms with Gasteiger partial charge in [-0.25, -0.2) is 9.97 Å². The summed E-state index contributed by atoms with van der Waals surface area (Å²) in [6.07, 6.45) is 6.09. The average Bonchev–Trinajstić information content (AvgIpc) is 3.01. The molecule has 0 aromatic carbocycles. The fraction of sp³-hybridized carbons (Fsp3) is 0.467. The molecule has 1 aliphatic heterocycles. The summed E-state index contributed by atoms with van der Waals surface area (Å²) in [5.41, 5.74) is 3.29. The molecule has 104 valence electrons. The second kappa shape index (κ2) is 4.06. The lowest BCUT2D eigenvalue weighted by Gasteiger charge is -2.37. The van der Waals surface area contributed by atoms with Crippen LogP contribution in [0, 0.1) is 6.92 Å². The zero-order valence-corrected chi connectivity index (χ0v) is 11.9. The van der Waals surface area contributed by atoms with Crippen LogP contribution in [0.25, 0.3) is 22.1 Å². The van der Waals surface area contributed by atoms with Crippen LogP contribution in [0.3, 0.4) is 0 Å². The molecule has 0 bridgehead atoms. The van der Waals surface area contributed by atoms with E-state index in [4.69, 9.17) is 4.98 Å². The minimum Gasteiger partial charge on any atom is -0.346 e. The predicted molar refractivity (Wildman–Crippen MR) is 79.9 cm³/mol. The standard InChI is InChI=1S/C15H19N5/c1-10-19-12-9-18-14-11(3-6-17-14)13(12)20(10)15(2)4-7-16-8-5-15/h3,6,9,16H,4-5,7-8H2,1-2H3,(H,17,18). The molecule has 3 aromatic heterocycles. The number of hydrogen-bond donors (Lipinski definition) is 2. The van der Waals surface area contributed by atoms with Crippen LogP contribution in [0.15, 0.2) is 18.5 Å². The van der Waals surface area contributed by atoms with Crippen molar-refractivity contribution in [2.75, 3.05) is 13.1 Å². The fourth-order valence-electron chi connectivity index (χ4n) is 3.54. The molecule has 0 amide bonds. The van der Waals surface area contributed by atoms with Crippen LogP contribution >= 0.6 is 0 Å². The van der Waals surface area contributed by atoms with Gasteiger partial charge in [-0.1, -0.05) is 0 Å². The Balaban J connectivity index is 2.06. The molecule has 0 atom stereocenters. The van der Waals surface area contributed by atoms with Gasteiger partial charge in [0.1, 0.15) is 17.0 Å². The number of pyridine rings is 1. The molecule has 4 heterocycles. The van der Waals surface area contributed by atoms with Gasteiger partial charge in [0.15, 0.2) is 0 Å². The van der Waals surface area contributed by atoms with Crippen molar-refractivity contribution < 1.29 is 0 Å². The predicted octanol–water partition coefficient (Wildman–Crippen LogP) is 2.32. The van der Waals surface area contributed by atoms with E-state index in [1.54, 1.807) is 0 Å². The lowest BCUT2D eigenvalue weighted by Crippen LogP contribution is -2.42. The molecule has 1 fully saturated rings. The number of piperidine rings is 1. The Morgan fingerprint density at radius 1 is 1.30 bits per heavy atom. The summed E-state index contributed by atoms with van der Waals surface area (Å²) in [6.45, 7) is 6.58. The number of nitrogens with zero attached hydrogens (tertiary/aromatic N) is 3. The first-order valence-electron chi connectivity index (χ1n) is 7.21. The highest BCUT2D eigenvalue weighted by Gasteiger charge is 2.32. The van der Waals surface area contributed by atoms with Crippen LogP contribution < -0.4 is 5.32 Å². The summed E-state index contributed by atoms with van der Waals surface area (Å²) in [5, 5.41) is 4.62. The maximum absolute atomic E-state index is 4.73. The van der Waals surface area contributed by atoms with Gasteiger partial charge in [-0.05, 0) is 45.8 Å². The van der Waals surface area contributed by atoms with E-state index in [0.29, 0.717) is 0 Å². The molecule has 4 rings (SSSR count). The van der Waals surface area contributed by atoms with Crippen molar-refractivity contribution in [3.8, 4) is 0 Å². The van der Waals surface area contributed by atoms with Crippen molar-refractivity contribution in [2.24, 2.45) is 0 Å². The number of nitrogens with one attached hydrogen (secondary N) is 2. The SMILES string of the molecule is Cc1nc2cnc3[nH]ccc3c2n1C1(C)CCNCC1. The third kappa shape index (κ3) is 1.53. The van der Waals surface area contributed by atoms with Crippen LogP contribution in [0.4, 0.5) is 0 Å². The Bertz CT molecular complexity index is 776. The lowest BCUT2D eigenvalue weighted by atomic mass is 9.89. The quantitative estimate of drug-likeness (QED) is 0.713. The molecule has 20 heavy (non-hydrogen) atoms. The normalized spacial score (nSPS) is 18.9. The number of hydrogen-bond acceptors (Lipinski definition) is 3. The summed E-state index contributed by atoms with van der Waals surface area (Å²) in [5.74, 6) is 1.08. The van der Waals surface area contributed by atoms with Crippen molar-refractivity contribution in [3.05, 3.63) is 24.3 Å². The molecule has 0 radical (unpaired) electrons. The number of fused-ring (bicyclic) bond motifs is 3. The van der Waals surface area contributed by atoms with Crippen LogP contribution in [-0.2, 0) is 5.54 Å². The largest absolute Gasteiger partial charge is 0.346 e. The van der Waals surface area contributed by atoms with E-state index in [9.17, 15) is 0 Å². The summed E-state index contributed by atoms with van der Waals surface area (Å²) in [6, 6.07) is 2.10. The molecule has 5 nitrogen and oxygen atoms in total.